The zero-order chi connectivity index (χ0) is 9.14. The van der Waals surface area contributed by atoms with Crippen molar-refractivity contribution in [2.75, 3.05) is 0 Å². The van der Waals surface area contributed by atoms with E-state index in [-0.39, 0.29) is 12.3 Å². The molecule has 0 saturated carbocycles. The van der Waals surface area contributed by atoms with E-state index in [0.717, 1.165) is 0 Å². The van der Waals surface area contributed by atoms with Crippen LogP contribution in [0.1, 0.15) is 11.1 Å². The van der Waals surface area contributed by atoms with Crippen LogP contribution in [-0.2, 0) is 6.54 Å². The van der Waals surface area contributed by atoms with Crippen molar-refractivity contribution in [2.24, 2.45) is 0 Å². The highest BCUT2D eigenvalue weighted by Crippen LogP contribution is 2.20. The molecule has 0 aromatic heterocycles. The third-order valence-electron chi connectivity index (χ3n) is 1.58. The quantitative estimate of drug-likeness (QED) is 0.588. The summed E-state index contributed by atoms with van der Waals surface area (Å²) in [6.07, 6.45) is 0. The van der Waals surface area contributed by atoms with Crippen molar-refractivity contribution in [3.05, 3.63) is 29.1 Å². The van der Waals surface area contributed by atoms with Crippen LogP contribution < -0.4 is 5.48 Å². The molecule has 0 aliphatic rings. The number of hydroxylamine groups is 1. The Morgan fingerprint density at radius 1 is 1.50 bits per heavy atom. The smallest absolute Gasteiger partial charge is 0.167 e. The van der Waals surface area contributed by atoms with E-state index in [9.17, 15) is 4.39 Å². The summed E-state index contributed by atoms with van der Waals surface area (Å²) in [6.45, 7) is 1.74. The summed E-state index contributed by atoms with van der Waals surface area (Å²) in [6, 6.07) is 2.82. The summed E-state index contributed by atoms with van der Waals surface area (Å²) < 4.78 is 12.8. The van der Waals surface area contributed by atoms with Gasteiger partial charge in [-0.05, 0) is 24.1 Å². The molecule has 3 N–H and O–H groups in total. The lowest BCUT2D eigenvalue weighted by molar-refractivity contribution is 0.161. The molecule has 4 heteroatoms. The second-order valence-electron chi connectivity index (χ2n) is 2.58. The number of aromatic hydroxyl groups is 1. The third kappa shape index (κ3) is 1.72. The van der Waals surface area contributed by atoms with E-state index in [1.807, 2.05) is 5.48 Å². The minimum atomic E-state index is -0.614. The van der Waals surface area contributed by atoms with Gasteiger partial charge in [0.2, 0.25) is 0 Å². The maximum atomic E-state index is 12.8. The third-order valence-corrected chi connectivity index (χ3v) is 1.58. The van der Waals surface area contributed by atoms with Crippen molar-refractivity contribution in [1.82, 2.24) is 5.48 Å². The van der Waals surface area contributed by atoms with Crippen molar-refractivity contribution in [3.8, 4) is 5.75 Å². The first kappa shape index (κ1) is 8.96. The van der Waals surface area contributed by atoms with Crippen LogP contribution in [0, 0.1) is 12.7 Å². The average Bonchev–Trinajstić information content (AvgIpc) is 2.01. The number of aryl methyl sites for hydroxylation is 1. The van der Waals surface area contributed by atoms with Gasteiger partial charge in [-0.1, -0.05) is 6.07 Å². The molecule has 0 radical (unpaired) electrons. The highest BCUT2D eigenvalue weighted by atomic mass is 19.1. The normalized spacial score (nSPS) is 10.2. The van der Waals surface area contributed by atoms with E-state index in [0.29, 0.717) is 11.1 Å². The molecule has 0 atom stereocenters. The van der Waals surface area contributed by atoms with Gasteiger partial charge in [-0.15, -0.1) is 0 Å². The van der Waals surface area contributed by atoms with Crippen molar-refractivity contribution < 1.29 is 14.7 Å². The Hall–Kier alpha value is -1.13. The number of benzene rings is 1. The molecule has 1 rings (SSSR count). The second-order valence-corrected chi connectivity index (χ2v) is 2.58. The highest BCUT2D eigenvalue weighted by molar-refractivity contribution is 5.34. The van der Waals surface area contributed by atoms with Crippen LogP contribution in [0.15, 0.2) is 12.1 Å². The van der Waals surface area contributed by atoms with Gasteiger partial charge < -0.3 is 10.3 Å². The summed E-state index contributed by atoms with van der Waals surface area (Å²) in [7, 11) is 0. The molecule has 0 aliphatic carbocycles. The minimum Gasteiger partial charge on any atom is -0.505 e. The summed E-state index contributed by atoms with van der Waals surface area (Å²) in [5.74, 6) is -1.00. The van der Waals surface area contributed by atoms with Gasteiger partial charge in [-0.25, -0.2) is 9.87 Å². The van der Waals surface area contributed by atoms with Gasteiger partial charge in [-0.2, -0.15) is 0 Å². The monoisotopic (exact) mass is 171 g/mol. The molecule has 0 spiro atoms. The largest absolute Gasteiger partial charge is 0.505 e. The van der Waals surface area contributed by atoms with E-state index in [1.54, 1.807) is 13.0 Å². The number of rotatable bonds is 2. The predicted molar refractivity (Wildman–Crippen MR) is 41.4 cm³/mol. The first-order valence-electron chi connectivity index (χ1n) is 3.50. The van der Waals surface area contributed by atoms with Gasteiger partial charge in [0.25, 0.3) is 0 Å². The van der Waals surface area contributed by atoms with Crippen LogP contribution in [0.5, 0.6) is 5.75 Å². The van der Waals surface area contributed by atoms with Crippen LogP contribution in [-0.4, -0.2) is 10.3 Å². The Morgan fingerprint density at radius 2 is 2.17 bits per heavy atom. The van der Waals surface area contributed by atoms with E-state index in [1.165, 1.54) is 6.07 Å². The maximum Gasteiger partial charge on any atom is 0.167 e. The van der Waals surface area contributed by atoms with Gasteiger partial charge in [0.05, 0.1) is 0 Å². The zero-order valence-electron chi connectivity index (χ0n) is 6.63. The van der Waals surface area contributed by atoms with E-state index in [4.69, 9.17) is 10.3 Å². The van der Waals surface area contributed by atoms with Crippen LogP contribution in [0.3, 0.4) is 0 Å². The Morgan fingerprint density at radius 3 is 2.67 bits per heavy atom. The zero-order valence-corrected chi connectivity index (χ0v) is 6.63. The molecular weight excluding hydrogens is 161 g/mol. The Labute approximate surface area is 69.4 Å². The van der Waals surface area contributed by atoms with Gasteiger partial charge >= 0.3 is 0 Å². The molecule has 3 nitrogen and oxygen atoms in total. The number of hydrogen-bond donors (Lipinski definition) is 3. The molecule has 12 heavy (non-hydrogen) atoms. The van der Waals surface area contributed by atoms with Gasteiger partial charge in [0.15, 0.2) is 11.6 Å². The molecule has 66 valence electrons. The second kappa shape index (κ2) is 3.51. The van der Waals surface area contributed by atoms with Crippen molar-refractivity contribution in [1.29, 1.82) is 0 Å². The van der Waals surface area contributed by atoms with E-state index >= 15 is 0 Å². The summed E-state index contributed by atoms with van der Waals surface area (Å²) >= 11 is 0. The fourth-order valence-corrected chi connectivity index (χ4v) is 1.02. The molecule has 0 heterocycles. The fourth-order valence-electron chi connectivity index (χ4n) is 1.02. The van der Waals surface area contributed by atoms with Crippen molar-refractivity contribution in [3.63, 3.8) is 0 Å². The van der Waals surface area contributed by atoms with Gasteiger partial charge in [0.1, 0.15) is 0 Å². The van der Waals surface area contributed by atoms with Crippen LogP contribution in [0.25, 0.3) is 0 Å². The van der Waals surface area contributed by atoms with Gasteiger partial charge in [-0.3, -0.25) is 0 Å². The molecule has 0 fully saturated rings. The molecule has 0 amide bonds. The summed E-state index contributed by atoms with van der Waals surface area (Å²) in [5, 5.41) is 17.4. The van der Waals surface area contributed by atoms with Crippen LogP contribution in [0.4, 0.5) is 4.39 Å². The molecule has 0 unspecified atom stereocenters. The first-order chi connectivity index (χ1) is 5.65. The van der Waals surface area contributed by atoms with E-state index < -0.39 is 5.82 Å². The Bertz CT molecular complexity index is 265. The van der Waals surface area contributed by atoms with Gasteiger partial charge in [0, 0.05) is 6.54 Å². The number of hydrogen-bond acceptors (Lipinski definition) is 3. The highest BCUT2D eigenvalue weighted by Gasteiger charge is 2.05. The molecule has 0 saturated heterocycles. The fraction of sp³-hybridized carbons (Fsp3) is 0.250. The lowest BCUT2D eigenvalue weighted by atomic mass is 10.1. The number of phenolic OH excluding ortho intramolecular Hbond substituents is 1. The van der Waals surface area contributed by atoms with Crippen molar-refractivity contribution >= 4 is 0 Å². The predicted octanol–water partition coefficient (Wildman–Crippen LogP) is 1.32. The molecule has 0 bridgehead atoms. The van der Waals surface area contributed by atoms with Crippen LogP contribution in [0.2, 0.25) is 0 Å². The number of halogens is 1. The minimum absolute atomic E-state index is 0.189. The van der Waals surface area contributed by atoms with E-state index in [2.05, 4.69) is 0 Å². The summed E-state index contributed by atoms with van der Waals surface area (Å²) in [5.41, 5.74) is 2.92. The Balaban J connectivity index is 3.04. The first-order valence-corrected chi connectivity index (χ1v) is 3.50. The molecule has 1 aromatic rings. The van der Waals surface area contributed by atoms with Crippen molar-refractivity contribution in [2.45, 2.75) is 13.5 Å². The SMILES string of the molecule is Cc1cc(CNO)cc(O)c1F. The standard InChI is InChI=1S/C8H10FNO2/c1-5-2-6(4-10-12)3-7(11)8(5)9/h2-3,10-12H,4H2,1H3. The lowest BCUT2D eigenvalue weighted by Crippen LogP contribution is -2.06. The molecular formula is C8H10FNO2. The maximum absolute atomic E-state index is 12.8. The number of nitrogens with one attached hydrogen (secondary N) is 1. The Kier molecular flexibility index (Phi) is 2.62. The van der Waals surface area contributed by atoms with Crippen LogP contribution >= 0.6 is 0 Å². The summed E-state index contributed by atoms with van der Waals surface area (Å²) in [4.78, 5) is 0. The number of phenols is 1. The average molecular weight is 171 g/mol. The topological polar surface area (TPSA) is 52.5 Å². The molecule has 0 aliphatic heterocycles. The molecule has 1 aromatic carbocycles. The lowest BCUT2D eigenvalue weighted by Gasteiger charge is -2.03.